The van der Waals surface area contributed by atoms with E-state index < -0.39 is 11.9 Å². The fraction of sp³-hybridized carbons (Fsp3) is 0.526. The van der Waals surface area contributed by atoms with Crippen molar-refractivity contribution in [3.63, 3.8) is 0 Å². The SMILES string of the molecule is Cc1c(F)cc2c(c1C1CCCC1)CN(C1CCC(=O)NC1=O)C2=O. The van der Waals surface area contributed by atoms with Gasteiger partial charge in [-0.05, 0) is 54.9 Å². The van der Waals surface area contributed by atoms with Gasteiger partial charge in [-0.15, -0.1) is 0 Å². The molecule has 1 aliphatic carbocycles. The van der Waals surface area contributed by atoms with Gasteiger partial charge in [0.05, 0.1) is 0 Å². The first-order valence-electron chi connectivity index (χ1n) is 8.94. The first kappa shape index (κ1) is 16.2. The molecule has 132 valence electrons. The second-order valence-corrected chi connectivity index (χ2v) is 7.30. The molecule has 1 atom stereocenters. The van der Waals surface area contributed by atoms with Gasteiger partial charge < -0.3 is 4.90 Å². The maximum Gasteiger partial charge on any atom is 0.255 e. The number of fused-ring (bicyclic) bond motifs is 1. The molecule has 1 N–H and O–H groups in total. The molecule has 0 bridgehead atoms. The smallest absolute Gasteiger partial charge is 0.255 e. The predicted molar refractivity (Wildman–Crippen MR) is 88.4 cm³/mol. The summed E-state index contributed by atoms with van der Waals surface area (Å²) in [5.41, 5.74) is 2.86. The first-order chi connectivity index (χ1) is 12.0. The minimum atomic E-state index is -0.655. The summed E-state index contributed by atoms with van der Waals surface area (Å²) >= 11 is 0. The number of benzene rings is 1. The third kappa shape index (κ3) is 2.55. The quantitative estimate of drug-likeness (QED) is 0.839. The average Bonchev–Trinajstić information content (AvgIpc) is 3.19. The summed E-state index contributed by atoms with van der Waals surface area (Å²) in [5.74, 6) is -1.10. The summed E-state index contributed by atoms with van der Waals surface area (Å²) in [6.45, 7) is 2.11. The molecule has 6 heteroatoms. The number of hydrogen-bond donors (Lipinski definition) is 1. The Labute approximate surface area is 145 Å². The van der Waals surface area contributed by atoms with E-state index in [0.717, 1.165) is 36.8 Å². The lowest BCUT2D eigenvalue weighted by Crippen LogP contribution is -2.52. The van der Waals surface area contributed by atoms with Crippen molar-refractivity contribution < 1.29 is 18.8 Å². The number of nitrogens with one attached hydrogen (secondary N) is 1. The Bertz CT molecular complexity index is 783. The zero-order chi connectivity index (χ0) is 17.7. The molecule has 0 radical (unpaired) electrons. The number of carbonyl (C=O) groups is 3. The molecular formula is C19H21FN2O3. The lowest BCUT2D eigenvalue weighted by molar-refractivity contribution is -0.136. The zero-order valence-corrected chi connectivity index (χ0v) is 14.2. The lowest BCUT2D eigenvalue weighted by atomic mass is 9.87. The maximum absolute atomic E-state index is 14.5. The molecule has 1 saturated heterocycles. The van der Waals surface area contributed by atoms with E-state index in [9.17, 15) is 18.8 Å². The molecule has 2 fully saturated rings. The molecule has 1 aromatic carbocycles. The van der Waals surface area contributed by atoms with Gasteiger partial charge in [-0.3, -0.25) is 19.7 Å². The van der Waals surface area contributed by atoms with Crippen molar-refractivity contribution in [2.75, 3.05) is 0 Å². The highest BCUT2D eigenvalue weighted by atomic mass is 19.1. The lowest BCUT2D eigenvalue weighted by Gasteiger charge is -2.29. The first-order valence-corrected chi connectivity index (χ1v) is 8.94. The molecule has 0 aromatic heterocycles. The van der Waals surface area contributed by atoms with Crippen LogP contribution in [0.15, 0.2) is 6.07 Å². The van der Waals surface area contributed by atoms with Gasteiger partial charge >= 0.3 is 0 Å². The third-order valence-corrected chi connectivity index (χ3v) is 5.85. The minimum Gasteiger partial charge on any atom is -0.322 e. The maximum atomic E-state index is 14.5. The summed E-state index contributed by atoms with van der Waals surface area (Å²) in [7, 11) is 0. The number of halogens is 1. The van der Waals surface area contributed by atoms with Crippen molar-refractivity contribution in [3.05, 3.63) is 34.1 Å². The molecule has 3 amide bonds. The molecule has 1 aromatic rings. The van der Waals surface area contributed by atoms with Crippen LogP contribution >= 0.6 is 0 Å². The number of hydrogen-bond acceptors (Lipinski definition) is 3. The molecule has 0 spiro atoms. The summed E-state index contributed by atoms with van der Waals surface area (Å²) in [6.07, 6.45) is 4.83. The molecule has 5 nitrogen and oxygen atoms in total. The number of amides is 3. The molecule has 2 heterocycles. The van der Waals surface area contributed by atoms with Crippen molar-refractivity contribution in [2.24, 2.45) is 0 Å². The van der Waals surface area contributed by atoms with E-state index in [2.05, 4.69) is 5.32 Å². The van der Waals surface area contributed by atoms with Gasteiger partial charge in [0, 0.05) is 18.5 Å². The van der Waals surface area contributed by atoms with E-state index in [0.29, 0.717) is 30.0 Å². The van der Waals surface area contributed by atoms with Crippen LogP contribution in [0, 0.1) is 12.7 Å². The van der Waals surface area contributed by atoms with Crippen molar-refractivity contribution in [1.29, 1.82) is 0 Å². The van der Waals surface area contributed by atoms with Crippen molar-refractivity contribution >= 4 is 17.7 Å². The largest absolute Gasteiger partial charge is 0.322 e. The summed E-state index contributed by atoms with van der Waals surface area (Å²) in [6, 6.07) is 0.662. The number of piperidine rings is 1. The highest BCUT2D eigenvalue weighted by Crippen LogP contribution is 2.42. The van der Waals surface area contributed by atoms with Crippen LogP contribution in [0.3, 0.4) is 0 Å². The fourth-order valence-corrected chi connectivity index (χ4v) is 4.58. The van der Waals surface area contributed by atoms with Gasteiger partial charge in [-0.25, -0.2) is 4.39 Å². The van der Waals surface area contributed by atoms with Crippen LogP contribution < -0.4 is 5.32 Å². The minimum absolute atomic E-state index is 0.222. The molecule has 2 aliphatic heterocycles. The summed E-state index contributed by atoms with van der Waals surface area (Å²) in [5, 5.41) is 2.30. The van der Waals surface area contributed by atoms with Crippen LogP contribution in [0.4, 0.5) is 4.39 Å². The van der Waals surface area contributed by atoms with Crippen molar-refractivity contribution in [1.82, 2.24) is 10.2 Å². The second-order valence-electron chi connectivity index (χ2n) is 7.30. The predicted octanol–water partition coefficient (Wildman–Crippen LogP) is 2.55. The molecular weight excluding hydrogens is 323 g/mol. The van der Waals surface area contributed by atoms with Gasteiger partial charge in [-0.1, -0.05) is 12.8 Å². The van der Waals surface area contributed by atoms with E-state index in [1.165, 1.54) is 11.0 Å². The summed E-state index contributed by atoms with van der Waals surface area (Å²) in [4.78, 5) is 37.9. The summed E-state index contributed by atoms with van der Waals surface area (Å²) < 4.78 is 14.5. The number of nitrogens with zero attached hydrogens (tertiary/aromatic N) is 1. The Hall–Kier alpha value is -2.24. The monoisotopic (exact) mass is 344 g/mol. The Morgan fingerprint density at radius 3 is 2.56 bits per heavy atom. The van der Waals surface area contributed by atoms with Crippen LogP contribution in [-0.4, -0.2) is 28.7 Å². The van der Waals surface area contributed by atoms with E-state index in [4.69, 9.17) is 0 Å². The fourth-order valence-electron chi connectivity index (χ4n) is 4.58. The Morgan fingerprint density at radius 1 is 1.16 bits per heavy atom. The number of rotatable bonds is 2. The highest BCUT2D eigenvalue weighted by molar-refractivity contribution is 6.05. The van der Waals surface area contributed by atoms with E-state index in [-0.39, 0.29) is 24.1 Å². The van der Waals surface area contributed by atoms with Crippen molar-refractivity contribution in [2.45, 2.75) is 64.0 Å². The topological polar surface area (TPSA) is 66.5 Å². The van der Waals surface area contributed by atoms with E-state index >= 15 is 0 Å². The second kappa shape index (κ2) is 5.93. The Morgan fingerprint density at radius 2 is 1.88 bits per heavy atom. The average molecular weight is 344 g/mol. The molecule has 1 unspecified atom stereocenters. The van der Waals surface area contributed by atoms with Crippen LogP contribution in [0.5, 0.6) is 0 Å². The number of imide groups is 1. The van der Waals surface area contributed by atoms with Crippen LogP contribution in [-0.2, 0) is 16.1 Å². The van der Waals surface area contributed by atoms with Crippen molar-refractivity contribution in [3.8, 4) is 0 Å². The van der Waals surface area contributed by atoms with Gasteiger partial charge in [0.1, 0.15) is 11.9 Å². The van der Waals surface area contributed by atoms with Crippen LogP contribution in [0.25, 0.3) is 0 Å². The van der Waals surface area contributed by atoms with Gasteiger partial charge in [0.25, 0.3) is 5.91 Å². The molecule has 4 rings (SSSR count). The van der Waals surface area contributed by atoms with Gasteiger partial charge in [-0.2, -0.15) is 0 Å². The van der Waals surface area contributed by atoms with E-state index in [1.807, 2.05) is 0 Å². The van der Waals surface area contributed by atoms with E-state index in [1.54, 1.807) is 6.92 Å². The zero-order valence-electron chi connectivity index (χ0n) is 14.2. The highest BCUT2D eigenvalue weighted by Gasteiger charge is 2.41. The molecule has 25 heavy (non-hydrogen) atoms. The normalized spacial score (nSPS) is 24.0. The van der Waals surface area contributed by atoms with Gasteiger partial charge in [0.15, 0.2) is 0 Å². The Balaban J connectivity index is 1.72. The number of carbonyl (C=O) groups excluding carboxylic acids is 3. The standard InChI is InChI=1S/C19H21FN2O3/c1-10-14(20)8-12-13(17(10)11-4-2-3-5-11)9-22(19(12)25)15-6-7-16(23)21-18(15)24/h8,11,15H,2-7,9H2,1H3,(H,21,23,24). The third-order valence-electron chi connectivity index (χ3n) is 5.85. The Kier molecular flexibility index (Phi) is 3.85. The van der Waals surface area contributed by atoms with Gasteiger partial charge in [0.2, 0.25) is 11.8 Å². The van der Waals surface area contributed by atoms with Crippen LogP contribution in [0.1, 0.15) is 71.5 Å². The molecule has 1 saturated carbocycles. The van der Waals surface area contributed by atoms with Crippen LogP contribution in [0.2, 0.25) is 0 Å². The molecule has 3 aliphatic rings.